The van der Waals surface area contributed by atoms with Gasteiger partial charge in [0.1, 0.15) is 0 Å². The fraction of sp³-hybridized carbons (Fsp3) is 0.647. The summed E-state index contributed by atoms with van der Waals surface area (Å²) in [5, 5.41) is 0.00677. The maximum atomic E-state index is 6.20. The highest BCUT2D eigenvalue weighted by molar-refractivity contribution is 7.99. The molecule has 0 bridgehead atoms. The van der Waals surface area contributed by atoms with Crippen LogP contribution in [0.2, 0.25) is 5.31 Å². The minimum absolute atomic E-state index is 0.00677. The molecule has 0 aliphatic carbocycles. The Morgan fingerprint density at radius 2 is 1.52 bits per heavy atom. The second-order valence-electron chi connectivity index (χ2n) is 7.49. The van der Waals surface area contributed by atoms with E-state index in [1.165, 1.54) is 4.90 Å². The maximum Gasteiger partial charge on any atom is 0.463 e. The third-order valence-electron chi connectivity index (χ3n) is 4.65. The van der Waals surface area contributed by atoms with Gasteiger partial charge in [-0.25, -0.2) is 0 Å². The Bertz CT molecular complexity index is 455. The Balaban J connectivity index is 1.91. The standard InChI is InChI=1S/C17H27BO2S/c1-15(2,12-13-21-14-10-8-7-9-11-14)18-19-16(3,4)17(5,6)20-18/h7-11H,12-13H2,1-6H3. The van der Waals surface area contributed by atoms with Crippen LogP contribution in [0.25, 0.3) is 0 Å². The summed E-state index contributed by atoms with van der Waals surface area (Å²) in [6.45, 7) is 12.9. The monoisotopic (exact) mass is 306 g/mol. The molecule has 0 atom stereocenters. The van der Waals surface area contributed by atoms with E-state index in [4.69, 9.17) is 9.31 Å². The summed E-state index contributed by atoms with van der Waals surface area (Å²) in [4.78, 5) is 1.32. The molecule has 1 aromatic carbocycles. The number of benzene rings is 1. The van der Waals surface area contributed by atoms with Crippen molar-refractivity contribution in [3.63, 3.8) is 0 Å². The molecule has 1 aliphatic heterocycles. The van der Waals surface area contributed by atoms with Gasteiger partial charge in [-0.05, 0) is 52.0 Å². The van der Waals surface area contributed by atoms with Crippen molar-refractivity contribution in [1.82, 2.24) is 0 Å². The molecule has 2 rings (SSSR count). The molecule has 1 aliphatic rings. The Labute approximate surface area is 134 Å². The summed E-state index contributed by atoms with van der Waals surface area (Å²) in [5.41, 5.74) is -0.497. The van der Waals surface area contributed by atoms with Gasteiger partial charge in [-0.15, -0.1) is 11.8 Å². The summed E-state index contributed by atoms with van der Waals surface area (Å²) in [5.74, 6) is 1.07. The zero-order valence-electron chi connectivity index (χ0n) is 14.1. The van der Waals surface area contributed by atoms with E-state index in [2.05, 4.69) is 71.9 Å². The van der Waals surface area contributed by atoms with E-state index in [0.717, 1.165) is 12.2 Å². The first-order valence-corrected chi connectivity index (χ1v) is 8.66. The average molecular weight is 306 g/mol. The molecule has 1 aromatic rings. The van der Waals surface area contributed by atoms with Gasteiger partial charge in [0, 0.05) is 10.2 Å². The minimum atomic E-state index is -0.249. The van der Waals surface area contributed by atoms with Gasteiger partial charge in [-0.1, -0.05) is 32.0 Å². The van der Waals surface area contributed by atoms with Crippen LogP contribution in [0.3, 0.4) is 0 Å². The zero-order valence-corrected chi connectivity index (χ0v) is 14.9. The van der Waals surface area contributed by atoms with Gasteiger partial charge in [0.15, 0.2) is 0 Å². The Morgan fingerprint density at radius 3 is 2.05 bits per heavy atom. The van der Waals surface area contributed by atoms with Crippen LogP contribution in [0.5, 0.6) is 0 Å². The van der Waals surface area contributed by atoms with Crippen molar-refractivity contribution in [2.45, 2.75) is 69.4 Å². The van der Waals surface area contributed by atoms with E-state index >= 15 is 0 Å². The van der Waals surface area contributed by atoms with Crippen LogP contribution >= 0.6 is 11.8 Å². The maximum absolute atomic E-state index is 6.20. The number of thioether (sulfide) groups is 1. The van der Waals surface area contributed by atoms with E-state index in [1.807, 2.05) is 11.8 Å². The van der Waals surface area contributed by atoms with Crippen molar-refractivity contribution >= 4 is 18.9 Å². The van der Waals surface area contributed by atoms with E-state index in [1.54, 1.807) is 0 Å². The van der Waals surface area contributed by atoms with Gasteiger partial charge in [0.25, 0.3) is 0 Å². The molecule has 0 unspecified atom stereocenters. The van der Waals surface area contributed by atoms with Gasteiger partial charge >= 0.3 is 7.12 Å². The quantitative estimate of drug-likeness (QED) is 0.561. The Kier molecular flexibility index (Phi) is 4.82. The van der Waals surface area contributed by atoms with Crippen molar-refractivity contribution < 1.29 is 9.31 Å². The van der Waals surface area contributed by atoms with Gasteiger partial charge in [-0.3, -0.25) is 0 Å². The van der Waals surface area contributed by atoms with Gasteiger partial charge in [0.05, 0.1) is 11.2 Å². The van der Waals surface area contributed by atoms with Crippen molar-refractivity contribution in [3.8, 4) is 0 Å². The number of hydrogen-bond acceptors (Lipinski definition) is 3. The summed E-state index contributed by atoms with van der Waals surface area (Å²) in [6, 6.07) is 10.5. The van der Waals surface area contributed by atoms with Crippen molar-refractivity contribution in [3.05, 3.63) is 30.3 Å². The van der Waals surface area contributed by atoms with E-state index in [-0.39, 0.29) is 23.6 Å². The molecule has 1 saturated heterocycles. The van der Waals surface area contributed by atoms with E-state index in [9.17, 15) is 0 Å². The van der Waals surface area contributed by atoms with Crippen molar-refractivity contribution in [2.75, 3.05) is 5.75 Å². The van der Waals surface area contributed by atoms with Crippen LogP contribution in [-0.2, 0) is 9.31 Å². The molecule has 4 heteroatoms. The highest BCUT2D eigenvalue weighted by Crippen LogP contribution is 2.46. The normalized spacial score (nSPS) is 20.8. The minimum Gasteiger partial charge on any atom is -0.403 e. The SMILES string of the molecule is CC(C)(CCSc1ccccc1)B1OC(C)(C)C(C)(C)O1. The summed E-state index contributed by atoms with van der Waals surface area (Å²) >= 11 is 1.89. The molecule has 0 spiro atoms. The van der Waals surface area contributed by atoms with Crippen LogP contribution in [-0.4, -0.2) is 24.1 Å². The molecule has 0 amide bonds. The summed E-state index contributed by atoms with van der Waals surface area (Å²) in [7, 11) is -0.140. The highest BCUT2D eigenvalue weighted by atomic mass is 32.2. The van der Waals surface area contributed by atoms with Crippen molar-refractivity contribution in [1.29, 1.82) is 0 Å². The molecular formula is C17H27BO2S. The van der Waals surface area contributed by atoms with Gasteiger partial charge < -0.3 is 9.31 Å². The topological polar surface area (TPSA) is 18.5 Å². The average Bonchev–Trinajstić information content (AvgIpc) is 2.60. The van der Waals surface area contributed by atoms with E-state index in [0.29, 0.717) is 0 Å². The van der Waals surface area contributed by atoms with E-state index < -0.39 is 0 Å². The Morgan fingerprint density at radius 1 is 1.00 bits per heavy atom. The molecule has 0 radical (unpaired) electrons. The first-order valence-electron chi connectivity index (χ1n) is 7.68. The van der Waals surface area contributed by atoms with Crippen LogP contribution in [0.4, 0.5) is 0 Å². The van der Waals surface area contributed by atoms with Gasteiger partial charge in [-0.2, -0.15) is 0 Å². The van der Waals surface area contributed by atoms with Gasteiger partial charge in [0.2, 0.25) is 0 Å². The smallest absolute Gasteiger partial charge is 0.403 e. The predicted molar refractivity (Wildman–Crippen MR) is 91.9 cm³/mol. The molecule has 1 fully saturated rings. The molecule has 21 heavy (non-hydrogen) atoms. The fourth-order valence-electron chi connectivity index (χ4n) is 2.23. The molecule has 0 saturated carbocycles. The molecule has 0 N–H and O–H groups in total. The van der Waals surface area contributed by atoms with Crippen LogP contribution in [0, 0.1) is 0 Å². The summed E-state index contributed by atoms with van der Waals surface area (Å²) in [6.07, 6.45) is 1.06. The van der Waals surface area contributed by atoms with Crippen molar-refractivity contribution in [2.24, 2.45) is 0 Å². The lowest BCUT2D eigenvalue weighted by Gasteiger charge is -2.32. The lowest BCUT2D eigenvalue weighted by atomic mass is 9.58. The predicted octanol–water partition coefficient (Wildman–Crippen LogP) is 5.04. The summed E-state index contributed by atoms with van der Waals surface area (Å²) < 4.78 is 12.4. The molecule has 0 aromatic heterocycles. The Hall–Kier alpha value is -0.445. The molecule has 2 nitrogen and oxygen atoms in total. The lowest BCUT2D eigenvalue weighted by molar-refractivity contribution is 0.00578. The zero-order chi connectivity index (χ0) is 15.7. The van der Waals surface area contributed by atoms with Crippen LogP contribution < -0.4 is 0 Å². The van der Waals surface area contributed by atoms with Crippen LogP contribution in [0.1, 0.15) is 48.0 Å². The number of hydrogen-bond donors (Lipinski definition) is 0. The fourth-order valence-corrected chi connectivity index (χ4v) is 3.44. The first-order chi connectivity index (χ1) is 9.64. The molecule has 1 heterocycles. The molecule has 116 valence electrons. The van der Waals surface area contributed by atoms with Crippen LogP contribution in [0.15, 0.2) is 35.2 Å². The lowest BCUT2D eigenvalue weighted by Crippen LogP contribution is -2.41. The second-order valence-corrected chi connectivity index (χ2v) is 8.66. The highest BCUT2D eigenvalue weighted by Gasteiger charge is 2.56. The third-order valence-corrected chi connectivity index (χ3v) is 5.66. The number of rotatable bonds is 5. The molecular weight excluding hydrogens is 279 g/mol. The second kappa shape index (κ2) is 5.98. The first kappa shape index (κ1) is 16.9. The third kappa shape index (κ3) is 3.85. The largest absolute Gasteiger partial charge is 0.463 e.